The molecule has 2 aromatic carbocycles. The first kappa shape index (κ1) is 22.5. The van der Waals surface area contributed by atoms with Crippen LogP contribution in [-0.2, 0) is 14.3 Å². The van der Waals surface area contributed by atoms with E-state index in [4.69, 9.17) is 9.47 Å². The molecule has 0 saturated carbocycles. The fourth-order valence-electron chi connectivity index (χ4n) is 4.92. The van der Waals surface area contributed by atoms with Crippen molar-refractivity contribution in [3.05, 3.63) is 112 Å². The van der Waals surface area contributed by atoms with Crippen molar-refractivity contribution in [2.24, 2.45) is 0 Å². The molecule has 0 N–H and O–H groups in total. The van der Waals surface area contributed by atoms with Gasteiger partial charge >= 0.3 is 0 Å². The molecule has 3 nitrogen and oxygen atoms in total. The van der Waals surface area contributed by atoms with Gasteiger partial charge in [0.1, 0.15) is 22.7 Å². The van der Waals surface area contributed by atoms with E-state index in [2.05, 4.69) is 88.4 Å². The molecule has 0 radical (unpaired) electrons. The van der Waals surface area contributed by atoms with Crippen molar-refractivity contribution < 1.29 is 14.3 Å². The summed E-state index contributed by atoms with van der Waals surface area (Å²) in [5, 5.41) is 0. The molecule has 0 unspecified atom stereocenters. The first-order chi connectivity index (χ1) is 16.2. The van der Waals surface area contributed by atoms with Gasteiger partial charge in [-0.25, -0.2) is 0 Å². The Balaban J connectivity index is 1.69. The average molecular weight is 453 g/mol. The summed E-state index contributed by atoms with van der Waals surface area (Å²) in [6, 6.07) is 20.8. The first-order valence-electron chi connectivity index (χ1n) is 12.2. The highest BCUT2D eigenvalue weighted by atomic mass is 16.5. The molecule has 0 bridgehead atoms. The van der Waals surface area contributed by atoms with Gasteiger partial charge in [0.2, 0.25) is 0 Å². The zero-order valence-corrected chi connectivity index (χ0v) is 20.5. The molecule has 2 aliphatic heterocycles. The smallest absolute Gasteiger partial charge is 0.192 e. The third-order valence-electron chi connectivity index (χ3n) is 6.88. The van der Waals surface area contributed by atoms with Gasteiger partial charge in [-0.2, -0.15) is 0 Å². The Morgan fingerprint density at radius 3 is 1.62 bits per heavy atom. The third kappa shape index (κ3) is 4.27. The van der Waals surface area contributed by atoms with Crippen molar-refractivity contribution in [2.75, 3.05) is 0 Å². The number of benzene rings is 2. The summed E-state index contributed by atoms with van der Waals surface area (Å²) in [5.41, 5.74) is 5.20. The van der Waals surface area contributed by atoms with Gasteiger partial charge in [0.25, 0.3) is 0 Å². The van der Waals surface area contributed by atoms with E-state index in [-0.39, 0.29) is 17.0 Å². The summed E-state index contributed by atoms with van der Waals surface area (Å²) < 4.78 is 12.9. The molecule has 0 fully saturated rings. The number of ketones is 1. The minimum atomic E-state index is -0.328. The van der Waals surface area contributed by atoms with Gasteiger partial charge in [-0.1, -0.05) is 66.7 Å². The van der Waals surface area contributed by atoms with Crippen molar-refractivity contribution in [3.8, 4) is 0 Å². The Hall–Kier alpha value is -3.33. The zero-order valence-electron chi connectivity index (χ0n) is 20.5. The molecule has 2 aromatic rings. The number of ether oxygens (including phenoxy) is 2. The number of allylic oxidation sites excluding steroid dienone is 4. The summed E-state index contributed by atoms with van der Waals surface area (Å²) in [4.78, 5) is 13.4. The highest BCUT2D eigenvalue weighted by Crippen LogP contribution is 2.47. The van der Waals surface area contributed by atoms with E-state index in [1.54, 1.807) is 0 Å². The van der Waals surface area contributed by atoms with Crippen molar-refractivity contribution in [2.45, 2.75) is 64.6 Å². The first-order valence-corrected chi connectivity index (χ1v) is 12.2. The fourth-order valence-corrected chi connectivity index (χ4v) is 4.92. The Labute approximate surface area is 202 Å². The maximum atomic E-state index is 13.4. The summed E-state index contributed by atoms with van der Waals surface area (Å²) in [7, 11) is 0. The second-order valence-corrected chi connectivity index (χ2v) is 10.6. The van der Waals surface area contributed by atoms with Crippen molar-refractivity contribution in [1.29, 1.82) is 0 Å². The van der Waals surface area contributed by atoms with Crippen LogP contribution >= 0.6 is 0 Å². The maximum Gasteiger partial charge on any atom is 0.192 e. The van der Waals surface area contributed by atoms with Gasteiger partial charge in [-0.15, -0.1) is 0 Å². The highest BCUT2D eigenvalue weighted by molar-refractivity contribution is 6.11. The molecular formula is C31H32O3. The van der Waals surface area contributed by atoms with E-state index in [0.29, 0.717) is 11.5 Å². The molecule has 1 aliphatic carbocycles. The van der Waals surface area contributed by atoms with Gasteiger partial charge in [0.05, 0.1) is 5.57 Å². The lowest BCUT2D eigenvalue weighted by molar-refractivity contribution is -0.115. The lowest BCUT2D eigenvalue weighted by atomic mass is 9.79. The van der Waals surface area contributed by atoms with Crippen LogP contribution in [0.5, 0.6) is 0 Å². The number of hydrogen-bond donors (Lipinski definition) is 0. The van der Waals surface area contributed by atoms with Crippen LogP contribution in [0.2, 0.25) is 0 Å². The maximum absolute atomic E-state index is 13.4. The van der Waals surface area contributed by atoms with E-state index in [0.717, 1.165) is 59.1 Å². The number of Topliss-reactive ketones (excluding diaryl/α,β-unsaturated/α-hetero) is 1. The quantitative estimate of drug-likeness (QED) is 0.490. The number of carbonyl (C=O) groups is 1. The minimum Gasteiger partial charge on any atom is -0.487 e. The normalized spacial score (nSPS) is 20.6. The average Bonchev–Trinajstić information content (AvgIpc) is 2.81. The van der Waals surface area contributed by atoms with Gasteiger partial charge in [0, 0.05) is 11.1 Å². The molecule has 0 atom stereocenters. The molecule has 0 aromatic heterocycles. The van der Waals surface area contributed by atoms with Crippen LogP contribution in [0.3, 0.4) is 0 Å². The lowest BCUT2D eigenvalue weighted by Crippen LogP contribution is -2.38. The minimum absolute atomic E-state index is 0.100. The van der Waals surface area contributed by atoms with Gasteiger partial charge < -0.3 is 9.47 Å². The van der Waals surface area contributed by atoms with E-state index < -0.39 is 0 Å². The Morgan fingerprint density at radius 1 is 0.735 bits per heavy atom. The van der Waals surface area contributed by atoms with Crippen LogP contribution in [0.25, 0.3) is 5.57 Å². The van der Waals surface area contributed by atoms with Gasteiger partial charge in [-0.3, -0.25) is 4.79 Å². The monoisotopic (exact) mass is 452 g/mol. The molecule has 2 heterocycles. The van der Waals surface area contributed by atoms with Crippen LogP contribution in [-0.4, -0.2) is 17.0 Å². The van der Waals surface area contributed by atoms with Crippen LogP contribution in [0, 0.1) is 0 Å². The van der Waals surface area contributed by atoms with Crippen molar-refractivity contribution >= 4 is 11.4 Å². The van der Waals surface area contributed by atoms with Crippen LogP contribution in [0.4, 0.5) is 0 Å². The molecule has 0 spiro atoms. The summed E-state index contributed by atoms with van der Waals surface area (Å²) in [6.07, 6.45) is 7.35. The van der Waals surface area contributed by atoms with E-state index >= 15 is 0 Å². The summed E-state index contributed by atoms with van der Waals surface area (Å²) >= 11 is 0. The van der Waals surface area contributed by atoms with Crippen LogP contribution in [0.15, 0.2) is 101 Å². The van der Waals surface area contributed by atoms with Gasteiger partial charge in [-0.05, 0) is 76.2 Å². The number of rotatable bonds is 3. The Kier molecular flexibility index (Phi) is 5.59. The van der Waals surface area contributed by atoms with Gasteiger partial charge in [0.15, 0.2) is 5.78 Å². The molecule has 174 valence electrons. The zero-order chi connectivity index (χ0) is 23.9. The number of hydrogen-bond acceptors (Lipinski definition) is 3. The predicted octanol–water partition coefficient (Wildman–Crippen LogP) is 7.31. The highest BCUT2D eigenvalue weighted by Gasteiger charge is 2.43. The molecule has 0 amide bonds. The van der Waals surface area contributed by atoms with E-state index in [1.807, 2.05) is 12.1 Å². The standard InChI is InChI=1S/C31H32O3/c1-30(2)19-17-24-27(32)25-18-20-31(3,4)34-29(25)26(28(24)33-30)16-15-23(21-11-7-5-8-12-21)22-13-9-6-10-14-22/h5-16H,17-20H2,1-4H3. The van der Waals surface area contributed by atoms with Crippen molar-refractivity contribution in [3.63, 3.8) is 0 Å². The Bertz CT molecular complexity index is 1150. The molecule has 5 rings (SSSR count). The topological polar surface area (TPSA) is 35.5 Å². The predicted molar refractivity (Wildman–Crippen MR) is 136 cm³/mol. The largest absolute Gasteiger partial charge is 0.487 e. The lowest BCUT2D eigenvalue weighted by Gasteiger charge is -2.41. The van der Waals surface area contributed by atoms with E-state index in [9.17, 15) is 4.79 Å². The molecule has 0 saturated heterocycles. The molecular weight excluding hydrogens is 420 g/mol. The second-order valence-electron chi connectivity index (χ2n) is 10.6. The number of carbonyl (C=O) groups excluding carboxylic acids is 1. The molecule has 3 heteroatoms. The third-order valence-corrected chi connectivity index (χ3v) is 6.88. The van der Waals surface area contributed by atoms with E-state index in [1.165, 1.54) is 0 Å². The second kappa shape index (κ2) is 8.47. The Morgan fingerprint density at radius 2 is 1.18 bits per heavy atom. The molecule has 34 heavy (non-hydrogen) atoms. The SMILES string of the molecule is CC1(C)CCC2=C(O1)C(=CC=C(c1ccccc1)c1ccccc1)C1=C(CCC(C)(C)O1)C2=O. The summed E-state index contributed by atoms with van der Waals surface area (Å²) in [5.74, 6) is 1.48. The molecule has 3 aliphatic rings. The van der Waals surface area contributed by atoms with Crippen LogP contribution < -0.4 is 0 Å². The van der Waals surface area contributed by atoms with Crippen LogP contribution in [0.1, 0.15) is 64.5 Å². The van der Waals surface area contributed by atoms with Crippen molar-refractivity contribution in [1.82, 2.24) is 0 Å². The fraction of sp³-hybridized carbons (Fsp3) is 0.323. The summed E-state index contributed by atoms with van der Waals surface area (Å²) in [6.45, 7) is 8.35.